The number of piperidine rings is 1. The highest BCUT2D eigenvalue weighted by atomic mass is 16.7. The minimum absolute atomic E-state index is 0.0243. The van der Waals surface area contributed by atoms with E-state index in [0.29, 0.717) is 19.6 Å². The van der Waals surface area contributed by atoms with Gasteiger partial charge in [0.2, 0.25) is 5.91 Å². The number of amides is 3. The fourth-order valence-corrected chi connectivity index (χ4v) is 7.01. The van der Waals surface area contributed by atoms with Gasteiger partial charge in [0, 0.05) is 44.5 Å². The van der Waals surface area contributed by atoms with Crippen LogP contribution in [0.2, 0.25) is 0 Å². The third kappa shape index (κ3) is 8.07. The van der Waals surface area contributed by atoms with Crippen LogP contribution in [0.3, 0.4) is 0 Å². The van der Waals surface area contributed by atoms with Crippen LogP contribution in [0.4, 0.5) is 4.79 Å². The highest BCUT2D eigenvalue weighted by molar-refractivity contribution is 6.06. The molecule has 4 aliphatic heterocycles. The number of hydrogen-bond donors (Lipinski definition) is 2. The Bertz CT molecular complexity index is 1620. The average molecular weight is 686 g/mol. The zero-order chi connectivity index (χ0) is 34.5. The van der Waals surface area contributed by atoms with E-state index in [2.05, 4.69) is 10.2 Å². The average Bonchev–Trinajstić information content (AvgIpc) is 3.71. The van der Waals surface area contributed by atoms with Crippen LogP contribution in [0, 0.1) is 0 Å². The Hall–Kier alpha value is -4.17. The van der Waals surface area contributed by atoms with Crippen molar-refractivity contribution in [3.63, 3.8) is 0 Å². The first-order chi connectivity index (χ1) is 24.4. The molecular formula is C38H43N3O9. The summed E-state index contributed by atoms with van der Waals surface area (Å²) in [7, 11) is 0. The van der Waals surface area contributed by atoms with Gasteiger partial charge in [0.1, 0.15) is 12.6 Å². The number of likely N-dealkylation sites (tertiary alicyclic amines) is 2. The topological polar surface area (TPSA) is 136 Å². The molecule has 0 bridgehead atoms. The summed E-state index contributed by atoms with van der Waals surface area (Å²) >= 11 is 0. The number of nitrogens with zero attached hydrogens (tertiary/aromatic N) is 2. The number of alkyl carbamates (subject to hydrolysis) is 1. The van der Waals surface area contributed by atoms with Crippen LogP contribution in [-0.2, 0) is 53.0 Å². The zero-order valence-corrected chi connectivity index (χ0v) is 27.9. The van der Waals surface area contributed by atoms with Gasteiger partial charge in [-0.05, 0) is 22.3 Å². The lowest BCUT2D eigenvalue weighted by molar-refractivity contribution is -0.255. The predicted octanol–water partition coefficient (Wildman–Crippen LogP) is 4.12. The SMILES string of the molecule is O=C(NC1CC(=O)N(Cc2ccc(C3OC(CN4CCC5(CC4)OCCO5)CC(c4ccc(CO)cc4)O3)cc2)C1=O)OCc1ccccc1. The molecule has 3 aromatic carbocycles. The summed E-state index contributed by atoms with van der Waals surface area (Å²) in [5, 5.41) is 12.1. The van der Waals surface area contributed by atoms with Gasteiger partial charge in [-0.1, -0.05) is 78.9 Å². The number of carbonyl (C=O) groups excluding carboxylic acids is 3. The molecule has 0 saturated carbocycles. The van der Waals surface area contributed by atoms with Gasteiger partial charge in [0.15, 0.2) is 12.1 Å². The summed E-state index contributed by atoms with van der Waals surface area (Å²) < 4.78 is 30.1. The van der Waals surface area contributed by atoms with Gasteiger partial charge in [-0.15, -0.1) is 0 Å². The van der Waals surface area contributed by atoms with Gasteiger partial charge >= 0.3 is 6.09 Å². The Morgan fingerprint density at radius 3 is 2.24 bits per heavy atom. The van der Waals surface area contributed by atoms with Crippen LogP contribution in [0.1, 0.15) is 65.9 Å². The van der Waals surface area contributed by atoms with E-state index in [1.54, 1.807) is 0 Å². The molecule has 3 aromatic rings. The number of ether oxygens (including phenoxy) is 5. The highest BCUT2D eigenvalue weighted by Gasteiger charge is 2.42. The molecule has 2 N–H and O–H groups in total. The van der Waals surface area contributed by atoms with E-state index in [0.717, 1.165) is 65.2 Å². The molecule has 50 heavy (non-hydrogen) atoms. The third-order valence-electron chi connectivity index (χ3n) is 9.85. The summed E-state index contributed by atoms with van der Waals surface area (Å²) in [4.78, 5) is 41.8. The fraction of sp³-hybridized carbons (Fsp3) is 0.447. The van der Waals surface area contributed by atoms with Crippen molar-refractivity contribution in [3.8, 4) is 0 Å². The second kappa shape index (κ2) is 15.4. The van der Waals surface area contributed by atoms with Gasteiger partial charge in [0.25, 0.3) is 5.91 Å². The van der Waals surface area contributed by atoms with Crippen molar-refractivity contribution in [1.82, 2.24) is 15.1 Å². The fourth-order valence-electron chi connectivity index (χ4n) is 7.01. The number of hydrogen-bond acceptors (Lipinski definition) is 10. The molecule has 1 spiro atoms. The standard InChI is InChI=1S/C38H43N3O9/c42-24-27-8-10-29(11-9-27)33-20-31(23-40-16-14-38(15-17-40)47-18-19-48-38)49-36(50-33)30-12-6-26(7-13-30)22-41-34(43)21-32(35(41)44)39-37(45)46-25-28-4-2-1-3-5-28/h1-13,31-33,36,42H,14-25H2,(H,39,45). The van der Waals surface area contributed by atoms with Crippen molar-refractivity contribution in [3.05, 3.63) is 107 Å². The van der Waals surface area contributed by atoms with E-state index >= 15 is 0 Å². The summed E-state index contributed by atoms with van der Waals surface area (Å²) in [6.45, 7) is 3.87. The minimum Gasteiger partial charge on any atom is -0.445 e. The lowest BCUT2D eigenvalue weighted by Gasteiger charge is -2.41. The van der Waals surface area contributed by atoms with Crippen molar-refractivity contribution in [1.29, 1.82) is 0 Å². The van der Waals surface area contributed by atoms with Crippen molar-refractivity contribution in [2.75, 3.05) is 32.8 Å². The molecule has 0 aliphatic carbocycles. The normalized spacial score (nSPS) is 25.3. The van der Waals surface area contributed by atoms with Crippen LogP contribution >= 0.6 is 0 Å². The first-order valence-electron chi connectivity index (χ1n) is 17.3. The van der Waals surface area contributed by atoms with Crippen LogP contribution < -0.4 is 5.32 Å². The molecule has 4 saturated heterocycles. The Morgan fingerprint density at radius 1 is 0.860 bits per heavy atom. The number of carbonyl (C=O) groups is 3. The highest BCUT2D eigenvalue weighted by Crippen LogP contribution is 2.39. The van der Waals surface area contributed by atoms with Crippen molar-refractivity contribution >= 4 is 17.9 Å². The van der Waals surface area contributed by atoms with Crippen molar-refractivity contribution in [2.45, 2.75) is 75.8 Å². The van der Waals surface area contributed by atoms with Crippen molar-refractivity contribution in [2.24, 2.45) is 0 Å². The lowest BCUT2D eigenvalue weighted by Crippen LogP contribution is -2.48. The molecular weight excluding hydrogens is 642 g/mol. The van der Waals surface area contributed by atoms with E-state index in [4.69, 9.17) is 23.7 Å². The predicted molar refractivity (Wildman–Crippen MR) is 179 cm³/mol. The maximum Gasteiger partial charge on any atom is 0.408 e. The molecule has 7 rings (SSSR count). The van der Waals surface area contributed by atoms with Gasteiger partial charge < -0.3 is 39.0 Å². The van der Waals surface area contributed by atoms with Crippen LogP contribution in [0.25, 0.3) is 0 Å². The molecule has 4 fully saturated rings. The van der Waals surface area contributed by atoms with E-state index in [9.17, 15) is 19.5 Å². The molecule has 0 radical (unpaired) electrons. The van der Waals surface area contributed by atoms with Crippen LogP contribution in [0.15, 0.2) is 78.9 Å². The largest absolute Gasteiger partial charge is 0.445 e. The Morgan fingerprint density at radius 2 is 1.54 bits per heavy atom. The first kappa shape index (κ1) is 34.3. The van der Waals surface area contributed by atoms with E-state index in [1.165, 1.54) is 0 Å². The summed E-state index contributed by atoms with van der Waals surface area (Å²) in [6, 6.07) is 23.6. The maximum absolute atomic E-state index is 13.1. The molecule has 12 nitrogen and oxygen atoms in total. The molecule has 12 heteroatoms. The summed E-state index contributed by atoms with van der Waals surface area (Å²) in [6.07, 6.45) is 0.506. The van der Waals surface area contributed by atoms with Gasteiger partial charge in [0.05, 0.1) is 45.0 Å². The number of benzene rings is 3. The Balaban J connectivity index is 0.976. The first-order valence-corrected chi connectivity index (χ1v) is 17.3. The number of aliphatic hydroxyl groups excluding tert-OH is 1. The molecule has 4 aliphatic rings. The second-order valence-corrected chi connectivity index (χ2v) is 13.3. The van der Waals surface area contributed by atoms with E-state index in [-0.39, 0.29) is 44.3 Å². The number of aliphatic hydroxyl groups is 1. The minimum atomic E-state index is -0.974. The molecule has 4 heterocycles. The maximum atomic E-state index is 13.1. The number of imide groups is 1. The van der Waals surface area contributed by atoms with E-state index < -0.39 is 30.1 Å². The summed E-state index contributed by atoms with van der Waals surface area (Å²) in [5.74, 6) is -1.27. The molecule has 0 aromatic heterocycles. The van der Waals surface area contributed by atoms with Crippen LogP contribution in [-0.4, -0.2) is 83.6 Å². The Labute approximate surface area is 291 Å². The monoisotopic (exact) mass is 685 g/mol. The van der Waals surface area contributed by atoms with Crippen molar-refractivity contribution < 1.29 is 43.2 Å². The molecule has 264 valence electrons. The zero-order valence-electron chi connectivity index (χ0n) is 27.9. The third-order valence-corrected chi connectivity index (χ3v) is 9.85. The molecule has 3 amide bonds. The van der Waals surface area contributed by atoms with Gasteiger partial charge in [-0.2, -0.15) is 0 Å². The van der Waals surface area contributed by atoms with E-state index in [1.807, 2.05) is 78.9 Å². The van der Waals surface area contributed by atoms with Crippen LogP contribution in [0.5, 0.6) is 0 Å². The van der Waals surface area contributed by atoms with Gasteiger partial charge in [-0.3, -0.25) is 14.5 Å². The number of rotatable bonds is 10. The van der Waals surface area contributed by atoms with Gasteiger partial charge in [-0.25, -0.2) is 4.79 Å². The quantitative estimate of drug-likeness (QED) is 0.300. The molecule has 4 unspecified atom stereocenters. The number of nitrogens with one attached hydrogen (secondary N) is 1. The smallest absolute Gasteiger partial charge is 0.408 e. The second-order valence-electron chi connectivity index (χ2n) is 13.3. The summed E-state index contributed by atoms with van der Waals surface area (Å²) in [5.41, 5.74) is 4.24. The Kier molecular flexibility index (Phi) is 10.5. The lowest BCUT2D eigenvalue weighted by atomic mass is 9.98. The molecule has 4 atom stereocenters.